The lowest BCUT2D eigenvalue weighted by atomic mass is 9.97. The molecule has 32 heavy (non-hydrogen) atoms. The average Bonchev–Trinajstić information content (AvgIpc) is 3.02. The molecule has 0 aliphatic carbocycles. The van der Waals surface area contributed by atoms with Gasteiger partial charge in [0.2, 0.25) is 0 Å². The fraction of sp³-hybridized carbons (Fsp3) is 0.385. The molecule has 1 fully saturated rings. The normalized spacial score (nSPS) is 16.8. The molecule has 0 saturated carbocycles. The standard InChI is InChI=1S/C26H31N3O3/c1-18-7-12-22(19(2)17-18)23-24(26(31)29(25(23)30)15-16-32-3)27-20-8-10-21(11-9-20)28-13-5-4-6-14-28/h7-12,17,27H,4-6,13-16H2,1-3H3. The molecule has 2 aromatic carbocycles. The van der Waals surface area contributed by atoms with E-state index >= 15 is 0 Å². The van der Waals surface area contributed by atoms with Crippen molar-refractivity contribution < 1.29 is 14.3 Å². The number of nitrogens with zero attached hydrogens (tertiary/aromatic N) is 2. The minimum Gasteiger partial charge on any atom is -0.383 e. The zero-order valence-electron chi connectivity index (χ0n) is 19.1. The third-order valence-corrected chi connectivity index (χ3v) is 6.20. The predicted molar refractivity (Wildman–Crippen MR) is 128 cm³/mol. The summed E-state index contributed by atoms with van der Waals surface area (Å²) in [6, 6.07) is 14.0. The molecule has 168 valence electrons. The van der Waals surface area contributed by atoms with E-state index in [1.165, 1.54) is 29.8 Å². The van der Waals surface area contributed by atoms with Crippen LogP contribution in [0, 0.1) is 13.8 Å². The minimum atomic E-state index is -0.317. The summed E-state index contributed by atoms with van der Waals surface area (Å²) in [7, 11) is 1.56. The van der Waals surface area contributed by atoms with Gasteiger partial charge in [-0.3, -0.25) is 14.5 Å². The van der Waals surface area contributed by atoms with Crippen LogP contribution >= 0.6 is 0 Å². The van der Waals surface area contributed by atoms with E-state index in [1.54, 1.807) is 7.11 Å². The largest absolute Gasteiger partial charge is 0.383 e. The number of imide groups is 1. The van der Waals surface area contributed by atoms with Gasteiger partial charge in [-0.2, -0.15) is 0 Å². The van der Waals surface area contributed by atoms with Gasteiger partial charge in [0.25, 0.3) is 11.8 Å². The zero-order valence-corrected chi connectivity index (χ0v) is 19.1. The maximum atomic E-state index is 13.3. The highest BCUT2D eigenvalue weighted by atomic mass is 16.5. The van der Waals surface area contributed by atoms with Crippen LogP contribution < -0.4 is 10.2 Å². The van der Waals surface area contributed by atoms with Crippen LogP contribution in [0.3, 0.4) is 0 Å². The lowest BCUT2D eigenvalue weighted by Crippen LogP contribution is -2.35. The Morgan fingerprint density at radius 2 is 1.66 bits per heavy atom. The molecule has 2 aliphatic rings. The average molecular weight is 434 g/mol. The molecule has 2 heterocycles. The molecular weight excluding hydrogens is 402 g/mol. The van der Waals surface area contributed by atoms with Crippen LogP contribution in [0.5, 0.6) is 0 Å². The lowest BCUT2D eigenvalue weighted by Gasteiger charge is -2.28. The van der Waals surface area contributed by atoms with Crippen LogP contribution in [0.1, 0.15) is 36.0 Å². The number of hydrogen-bond acceptors (Lipinski definition) is 5. The van der Waals surface area contributed by atoms with Crippen molar-refractivity contribution in [1.82, 2.24) is 4.90 Å². The molecule has 2 aromatic rings. The molecule has 6 heteroatoms. The fourth-order valence-corrected chi connectivity index (χ4v) is 4.47. The van der Waals surface area contributed by atoms with E-state index in [9.17, 15) is 9.59 Å². The van der Waals surface area contributed by atoms with Crippen molar-refractivity contribution in [2.24, 2.45) is 0 Å². The number of piperidine rings is 1. The number of benzene rings is 2. The number of aryl methyl sites for hydroxylation is 2. The summed E-state index contributed by atoms with van der Waals surface area (Å²) in [6.45, 7) is 6.67. The van der Waals surface area contributed by atoms with E-state index < -0.39 is 0 Å². The number of hydrogen-bond donors (Lipinski definition) is 1. The van der Waals surface area contributed by atoms with E-state index in [-0.39, 0.29) is 18.4 Å². The Balaban J connectivity index is 1.66. The van der Waals surface area contributed by atoms with Crippen LogP contribution in [-0.2, 0) is 14.3 Å². The number of rotatable bonds is 7. The molecule has 2 amide bonds. The van der Waals surface area contributed by atoms with E-state index in [0.717, 1.165) is 35.5 Å². The lowest BCUT2D eigenvalue weighted by molar-refractivity contribution is -0.137. The topological polar surface area (TPSA) is 61.9 Å². The summed E-state index contributed by atoms with van der Waals surface area (Å²) in [4.78, 5) is 30.1. The van der Waals surface area contributed by atoms with E-state index in [2.05, 4.69) is 22.3 Å². The van der Waals surface area contributed by atoms with Gasteiger partial charge in [-0.1, -0.05) is 23.8 Å². The smallest absolute Gasteiger partial charge is 0.278 e. The first-order valence-corrected chi connectivity index (χ1v) is 11.3. The highest BCUT2D eigenvalue weighted by Crippen LogP contribution is 2.33. The number of amides is 2. The second-order valence-electron chi connectivity index (χ2n) is 8.54. The van der Waals surface area contributed by atoms with Crippen LogP contribution in [0.25, 0.3) is 5.57 Å². The van der Waals surface area contributed by atoms with Gasteiger partial charge in [-0.15, -0.1) is 0 Å². The molecule has 0 atom stereocenters. The number of carbonyl (C=O) groups is 2. The van der Waals surface area contributed by atoms with Crippen LogP contribution in [0.2, 0.25) is 0 Å². The van der Waals surface area contributed by atoms with Crippen molar-refractivity contribution >= 4 is 28.8 Å². The molecule has 0 unspecified atom stereocenters. The van der Waals surface area contributed by atoms with E-state index in [0.29, 0.717) is 17.9 Å². The first kappa shape index (κ1) is 22.1. The monoisotopic (exact) mass is 433 g/mol. The van der Waals surface area contributed by atoms with Crippen molar-refractivity contribution in [2.45, 2.75) is 33.1 Å². The SMILES string of the molecule is COCCN1C(=O)C(Nc2ccc(N3CCCCC3)cc2)=C(c2ccc(C)cc2C)C1=O. The van der Waals surface area contributed by atoms with Gasteiger partial charge in [0.15, 0.2) is 0 Å². The summed E-state index contributed by atoms with van der Waals surface area (Å²) in [5.41, 5.74) is 5.58. The molecule has 0 aromatic heterocycles. The second-order valence-corrected chi connectivity index (χ2v) is 8.54. The number of nitrogens with one attached hydrogen (secondary N) is 1. The van der Waals surface area contributed by atoms with E-state index in [4.69, 9.17) is 4.74 Å². The van der Waals surface area contributed by atoms with Gasteiger partial charge in [0, 0.05) is 31.6 Å². The van der Waals surface area contributed by atoms with Crippen molar-refractivity contribution in [3.63, 3.8) is 0 Å². The molecule has 0 radical (unpaired) electrons. The molecule has 2 aliphatic heterocycles. The Kier molecular flexibility index (Phi) is 6.61. The number of carbonyl (C=O) groups excluding carboxylic acids is 2. The first-order chi connectivity index (χ1) is 15.5. The van der Waals surface area contributed by atoms with Gasteiger partial charge in [-0.05, 0) is 68.5 Å². The molecule has 1 N–H and O–H groups in total. The number of ether oxygens (including phenoxy) is 1. The van der Waals surface area contributed by atoms with Crippen molar-refractivity contribution in [1.29, 1.82) is 0 Å². The summed E-state index contributed by atoms with van der Waals surface area (Å²) in [5.74, 6) is -0.603. The Bertz CT molecular complexity index is 1040. The van der Waals surface area contributed by atoms with Crippen molar-refractivity contribution in [3.8, 4) is 0 Å². The fourth-order valence-electron chi connectivity index (χ4n) is 4.47. The van der Waals surface area contributed by atoms with Gasteiger partial charge in [0.1, 0.15) is 5.70 Å². The molecule has 4 rings (SSSR count). The molecule has 0 spiro atoms. The molecule has 1 saturated heterocycles. The maximum absolute atomic E-state index is 13.3. The van der Waals surface area contributed by atoms with Crippen LogP contribution in [0.15, 0.2) is 48.2 Å². The van der Waals surface area contributed by atoms with Gasteiger partial charge < -0.3 is 15.0 Å². The predicted octanol–water partition coefficient (Wildman–Crippen LogP) is 4.13. The van der Waals surface area contributed by atoms with Crippen LogP contribution in [-0.4, -0.2) is 50.1 Å². The quantitative estimate of drug-likeness (QED) is 0.665. The maximum Gasteiger partial charge on any atom is 0.278 e. The Labute approximate surface area is 189 Å². The van der Waals surface area contributed by atoms with Crippen molar-refractivity contribution in [3.05, 3.63) is 64.9 Å². The molecule has 0 bridgehead atoms. The Hall–Kier alpha value is -3.12. The number of methoxy groups -OCH3 is 1. The highest BCUT2D eigenvalue weighted by Gasteiger charge is 2.39. The summed E-state index contributed by atoms with van der Waals surface area (Å²) < 4.78 is 5.12. The van der Waals surface area contributed by atoms with Crippen molar-refractivity contribution in [2.75, 3.05) is 43.6 Å². The van der Waals surface area contributed by atoms with Gasteiger partial charge >= 0.3 is 0 Å². The van der Waals surface area contributed by atoms with Gasteiger partial charge in [0.05, 0.1) is 18.7 Å². The minimum absolute atomic E-state index is 0.224. The summed E-state index contributed by atoms with van der Waals surface area (Å²) >= 11 is 0. The summed E-state index contributed by atoms with van der Waals surface area (Å²) in [6.07, 6.45) is 3.74. The molecular formula is C26H31N3O3. The second kappa shape index (κ2) is 9.57. The summed E-state index contributed by atoms with van der Waals surface area (Å²) in [5, 5.41) is 3.26. The highest BCUT2D eigenvalue weighted by molar-refractivity contribution is 6.36. The van der Waals surface area contributed by atoms with Crippen LogP contribution in [0.4, 0.5) is 11.4 Å². The third kappa shape index (κ3) is 4.41. The zero-order chi connectivity index (χ0) is 22.7. The Morgan fingerprint density at radius 3 is 2.31 bits per heavy atom. The number of anilines is 2. The van der Waals surface area contributed by atoms with E-state index in [1.807, 2.05) is 44.2 Å². The van der Waals surface area contributed by atoms with Gasteiger partial charge in [-0.25, -0.2) is 0 Å². The molecule has 6 nitrogen and oxygen atoms in total. The first-order valence-electron chi connectivity index (χ1n) is 11.3. The third-order valence-electron chi connectivity index (χ3n) is 6.20. The Morgan fingerprint density at radius 1 is 0.938 bits per heavy atom.